The highest BCUT2D eigenvalue weighted by atomic mass is 32.2. The van der Waals surface area contributed by atoms with Crippen LogP contribution in [0.2, 0.25) is 0 Å². The molecule has 0 spiro atoms. The Morgan fingerprint density at radius 3 is 2.06 bits per heavy atom. The van der Waals surface area contributed by atoms with Crippen molar-refractivity contribution in [2.75, 3.05) is 17.3 Å². The molecule has 3 aromatic carbocycles. The average Bonchev–Trinajstić information content (AvgIpc) is 2.79. The van der Waals surface area contributed by atoms with Crippen molar-refractivity contribution in [3.63, 3.8) is 0 Å². The Kier molecular flexibility index (Phi) is 7.96. The lowest BCUT2D eigenvalue weighted by Gasteiger charge is -2.27. The van der Waals surface area contributed by atoms with E-state index in [9.17, 15) is 13.2 Å². The molecule has 7 nitrogen and oxygen atoms in total. The molecule has 0 aliphatic carbocycles. The number of carbonyl (C=O) groups is 1. The monoisotopic (exact) mass is 481 g/mol. The summed E-state index contributed by atoms with van der Waals surface area (Å²) < 4.78 is 33.5. The summed E-state index contributed by atoms with van der Waals surface area (Å²) in [7, 11) is -2.46. The Hall–Kier alpha value is -3.36. The number of sulfonamides is 1. The summed E-state index contributed by atoms with van der Waals surface area (Å²) in [5.74, 6) is -0.125. The smallest absolute Gasteiger partial charge is 0.258 e. The van der Waals surface area contributed by atoms with E-state index >= 15 is 0 Å². The minimum atomic E-state index is -3.86. The lowest BCUT2D eigenvalue weighted by molar-refractivity contribution is 0.0980. The van der Waals surface area contributed by atoms with Gasteiger partial charge in [-0.05, 0) is 82.3 Å². The van der Waals surface area contributed by atoms with Gasteiger partial charge in [-0.25, -0.2) is 13.1 Å². The summed E-state index contributed by atoms with van der Waals surface area (Å²) in [4.78, 5) is 15.1. The molecule has 1 amide bonds. The van der Waals surface area contributed by atoms with Crippen LogP contribution in [-0.4, -0.2) is 33.5 Å². The Balaban J connectivity index is 1.92. The van der Waals surface area contributed by atoms with Crippen LogP contribution in [0.4, 0.5) is 17.1 Å². The van der Waals surface area contributed by atoms with E-state index in [1.165, 1.54) is 19.2 Å². The summed E-state index contributed by atoms with van der Waals surface area (Å²) in [6.07, 6.45) is 0. The molecular weight excluding hydrogens is 450 g/mol. The summed E-state index contributed by atoms with van der Waals surface area (Å²) in [5.41, 5.74) is 2.82. The fourth-order valence-electron chi connectivity index (χ4n) is 3.58. The molecule has 0 heterocycles. The highest BCUT2D eigenvalue weighted by Gasteiger charge is 2.26. The maximum Gasteiger partial charge on any atom is 0.258 e. The van der Waals surface area contributed by atoms with E-state index in [2.05, 4.69) is 10.0 Å². The summed E-state index contributed by atoms with van der Waals surface area (Å²) in [6, 6.07) is 21.3. The van der Waals surface area contributed by atoms with Crippen molar-refractivity contribution in [1.82, 2.24) is 4.72 Å². The maximum absolute atomic E-state index is 13.5. The van der Waals surface area contributed by atoms with Crippen molar-refractivity contribution in [3.8, 4) is 5.75 Å². The second-order valence-electron chi connectivity index (χ2n) is 8.45. The maximum atomic E-state index is 13.5. The molecule has 0 bridgehead atoms. The number of hydrogen-bond acceptors (Lipinski definition) is 5. The van der Waals surface area contributed by atoms with E-state index in [1.807, 2.05) is 68.4 Å². The normalized spacial score (nSPS) is 11.5. The van der Waals surface area contributed by atoms with Crippen molar-refractivity contribution in [2.24, 2.45) is 0 Å². The first-order chi connectivity index (χ1) is 16.1. The van der Waals surface area contributed by atoms with Crippen LogP contribution >= 0.6 is 0 Å². The fourth-order valence-corrected chi connectivity index (χ4v) is 5.02. The topological polar surface area (TPSA) is 87.7 Å². The molecule has 0 aliphatic heterocycles. The molecule has 0 saturated heterocycles. The number of rotatable bonds is 9. The zero-order chi connectivity index (χ0) is 24.9. The zero-order valence-electron chi connectivity index (χ0n) is 20.1. The quantitative estimate of drug-likeness (QED) is 0.440. The number of para-hydroxylation sites is 1. The van der Waals surface area contributed by atoms with Crippen molar-refractivity contribution in [1.29, 1.82) is 0 Å². The lowest BCUT2D eigenvalue weighted by atomic mass is 10.1. The van der Waals surface area contributed by atoms with Gasteiger partial charge in [-0.3, -0.25) is 4.79 Å². The largest absolute Gasteiger partial charge is 0.495 e. The molecule has 0 aromatic heterocycles. The number of carbonyl (C=O) groups excluding carboxylic acids is 1. The predicted molar refractivity (Wildman–Crippen MR) is 137 cm³/mol. The van der Waals surface area contributed by atoms with Crippen molar-refractivity contribution >= 4 is 33.0 Å². The fraction of sp³-hybridized carbons (Fsp3) is 0.269. The standard InChI is InChI=1S/C26H31N3O4S/c1-18(2)28-34(31,32)25-17-20(11-16-24(25)33-5)26(30)29(19(3)4)23-14-12-22(13-15-23)27-21-9-7-6-8-10-21/h6-19,27-28H,1-5H3. The van der Waals surface area contributed by atoms with Crippen LogP contribution in [-0.2, 0) is 10.0 Å². The molecule has 0 fully saturated rings. The van der Waals surface area contributed by atoms with Crippen LogP contribution in [0.1, 0.15) is 38.1 Å². The first-order valence-corrected chi connectivity index (χ1v) is 12.6. The SMILES string of the molecule is COc1ccc(C(=O)N(c2ccc(Nc3ccccc3)cc2)C(C)C)cc1S(=O)(=O)NC(C)C. The van der Waals surface area contributed by atoms with E-state index in [0.717, 1.165) is 11.4 Å². The van der Waals surface area contributed by atoms with Gasteiger partial charge >= 0.3 is 0 Å². The zero-order valence-corrected chi connectivity index (χ0v) is 20.9. The number of ether oxygens (including phenoxy) is 1. The van der Waals surface area contributed by atoms with Crippen LogP contribution in [0.25, 0.3) is 0 Å². The van der Waals surface area contributed by atoms with E-state index in [0.29, 0.717) is 5.69 Å². The van der Waals surface area contributed by atoms with Gasteiger partial charge < -0.3 is 15.0 Å². The van der Waals surface area contributed by atoms with Crippen molar-refractivity contribution in [2.45, 2.75) is 44.7 Å². The number of anilines is 3. The van der Waals surface area contributed by atoms with Crippen molar-refractivity contribution in [3.05, 3.63) is 78.4 Å². The molecule has 3 aromatic rings. The van der Waals surface area contributed by atoms with Gasteiger partial charge in [0.2, 0.25) is 10.0 Å². The van der Waals surface area contributed by atoms with Gasteiger partial charge in [-0.15, -0.1) is 0 Å². The molecule has 0 radical (unpaired) electrons. The second-order valence-corrected chi connectivity index (χ2v) is 10.1. The van der Waals surface area contributed by atoms with E-state index in [-0.39, 0.29) is 34.2 Å². The first-order valence-electron chi connectivity index (χ1n) is 11.1. The van der Waals surface area contributed by atoms with E-state index in [1.54, 1.807) is 24.8 Å². The molecule has 34 heavy (non-hydrogen) atoms. The molecule has 0 unspecified atom stereocenters. The molecule has 0 aliphatic rings. The molecule has 3 rings (SSSR count). The highest BCUT2D eigenvalue weighted by molar-refractivity contribution is 7.89. The number of nitrogens with one attached hydrogen (secondary N) is 2. The van der Waals surface area contributed by atoms with Crippen LogP contribution in [0.15, 0.2) is 77.7 Å². The minimum absolute atomic E-state index is 0.0688. The predicted octanol–water partition coefficient (Wildman–Crippen LogP) is 5.18. The van der Waals surface area contributed by atoms with Gasteiger partial charge in [-0.2, -0.15) is 0 Å². The Bertz CT molecular complexity index is 1220. The minimum Gasteiger partial charge on any atom is -0.495 e. The van der Waals surface area contributed by atoms with Crippen LogP contribution in [0.3, 0.4) is 0 Å². The molecule has 0 atom stereocenters. The molecule has 0 saturated carbocycles. The molecule has 2 N–H and O–H groups in total. The van der Waals surface area contributed by atoms with Gasteiger partial charge in [0, 0.05) is 34.7 Å². The number of hydrogen-bond donors (Lipinski definition) is 2. The summed E-state index contributed by atoms with van der Waals surface area (Å²) >= 11 is 0. The molecule has 180 valence electrons. The average molecular weight is 482 g/mol. The van der Waals surface area contributed by atoms with Gasteiger partial charge in [0.15, 0.2) is 0 Å². The lowest BCUT2D eigenvalue weighted by Crippen LogP contribution is -2.37. The number of amides is 1. The Labute approximate surface area is 201 Å². The Morgan fingerprint density at radius 2 is 1.50 bits per heavy atom. The number of methoxy groups -OCH3 is 1. The van der Waals surface area contributed by atoms with E-state index < -0.39 is 10.0 Å². The highest BCUT2D eigenvalue weighted by Crippen LogP contribution is 2.28. The summed E-state index contributed by atoms with van der Waals surface area (Å²) in [6.45, 7) is 7.29. The third-order valence-electron chi connectivity index (χ3n) is 5.03. The van der Waals surface area contributed by atoms with Crippen LogP contribution < -0.4 is 19.7 Å². The summed E-state index contributed by atoms with van der Waals surface area (Å²) in [5, 5.41) is 3.32. The third-order valence-corrected chi connectivity index (χ3v) is 6.71. The van der Waals surface area contributed by atoms with Crippen LogP contribution in [0, 0.1) is 0 Å². The third kappa shape index (κ3) is 5.95. The van der Waals surface area contributed by atoms with Gasteiger partial charge in [-0.1, -0.05) is 18.2 Å². The Morgan fingerprint density at radius 1 is 0.882 bits per heavy atom. The van der Waals surface area contributed by atoms with E-state index in [4.69, 9.17) is 4.74 Å². The van der Waals surface area contributed by atoms with Crippen molar-refractivity contribution < 1.29 is 17.9 Å². The first kappa shape index (κ1) is 25.3. The van der Waals surface area contributed by atoms with Gasteiger partial charge in [0.25, 0.3) is 5.91 Å². The van der Waals surface area contributed by atoms with Gasteiger partial charge in [0.05, 0.1) is 7.11 Å². The van der Waals surface area contributed by atoms with Gasteiger partial charge in [0.1, 0.15) is 10.6 Å². The second kappa shape index (κ2) is 10.7. The molecular formula is C26H31N3O4S. The molecule has 8 heteroatoms. The van der Waals surface area contributed by atoms with Crippen LogP contribution in [0.5, 0.6) is 5.75 Å². The number of nitrogens with zero attached hydrogens (tertiary/aromatic N) is 1. The number of benzene rings is 3.